The molecule has 0 spiro atoms. The van der Waals surface area contributed by atoms with E-state index in [0.717, 1.165) is 11.1 Å². The van der Waals surface area contributed by atoms with Crippen LogP contribution in [0.25, 0.3) is 0 Å². The molecule has 0 radical (unpaired) electrons. The Morgan fingerprint density at radius 2 is 0.848 bits per heavy atom. The largest absolute Gasteiger partial charge is 0.858 e. The molecule has 0 aromatic heterocycles. The molecule has 1 unspecified atom stereocenters. The second-order valence-electron chi connectivity index (χ2n) is 16.2. The summed E-state index contributed by atoms with van der Waals surface area (Å²) in [5.74, 6) is -16.2. The number of fused-ring (bicyclic) bond motifs is 1. The summed E-state index contributed by atoms with van der Waals surface area (Å²) in [6.45, 7) is 6.94. The number of carboxylic acids is 1. The monoisotopic (exact) mass is 1510 g/mol. The van der Waals surface area contributed by atoms with Crippen LogP contribution in [0.2, 0.25) is 0 Å². The molecule has 0 saturated carbocycles. The Morgan fingerprint density at radius 3 is 1.14 bits per heavy atom. The van der Waals surface area contributed by atoms with Gasteiger partial charge in [-0.25, -0.2) is 74.3 Å². The molecule has 1 aliphatic heterocycles. The van der Waals surface area contributed by atoms with Crippen molar-refractivity contribution in [3.63, 3.8) is 0 Å². The number of aliphatic carboxylic acids is 1. The molecule has 518 valence electrons. The smallest absolute Gasteiger partial charge is 0.485 e. The molecule has 0 saturated heterocycles. The summed E-state index contributed by atoms with van der Waals surface area (Å²) in [5.41, 5.74) is -2.41. The minimum atomic E-state index is -10.7. The molecule has 0 aliphatic carbocycles. The molecule has 0 N–H and O–H groups in total. The van der Waals surface area contributed by atoms with Crippen LogP contribution in [-0.4, -0.2) is 92.2 Å². The number of rotatable bonds is 6. The van der Waals surface area contributed by atoms with E-state index in [4.69, 9.17) is 31.6 Å². The average Bonchev–Trinajstić information content (AvgIpc) is 1.14. The number of alkyl halides is 3. The first-order chi connectivity index (χ1) is 40.6. The second kappa shape index (κ2) is 32.5. The molecule has 6 aromatic carbocycles. The van der Waals surface area contributed by atoms with Crippen LogP contribution in [0.3, 0.4) is 0 Å². The summed E-state index contributed by atoms with van der Waals surface area (Å²) in [4.78, 5) is 18.3. The summed E-state index contributed by atoms with van der Waals surface area (Å²) in [6, 6.07) is 30.9. The fourth-order valence-corrected chi connectivity index (χ4v) is 9.36. The van der Waals surface area contributed by atoms with E-state index in [2.05, 4.69) is 15.6 Å². The van der Waals surface area contributed by atoms with Crippen molar-refractivity contribution < 1.29 is 178 Å². The number of carbonyl (C=O) groups excluding carboxylic acids is 2. The molecular weight excluding hydrogens is 1480 g/mol. The minimum absolute atomic E-state index is 0.00926. The summed E-state index contributed by atoms with van der Waals surface area (Å²) in [7, 11) is -43.2. The van der Waals surface area contributed by atoms with Gasteiger partial charge < -0.3 is 37.8 Å². The normalized spacial score (nSPS) is 13.8. The zero-order valence-electron chi connectivity index (χ0n) is 44.8. The number of nitrogens with zero attached hydrogens (tertiary/aromatic N) is 1. The van der Waals surface area contributed by atoms with Crippen molar-refractivity contribution in [1.29, 1.82) is 0 Å². The number of hydrogen-bond acceptors (Lipinski definition) is 25. The van der Waals surface area contributed by atoms with Gasteiger partial charge in [-0.05, 0) is 89.1 Å². The van der Waals surface area contributed by atoms with E-state index in [-0.39, 0.29) is 30.7 Å². The van der Waals surface area contributed by atoms with Crippen molar-refractivity contribution in [3.05, 3.63) is 184 Å². The van der Waals surface area contributed by atoms with Crippen molar-refractivity contribution in [2.24, 2.45) is 4.40 Å². The van der Waals surface area contributed by atoms with Crippen LogP contribution in [0.5, 0.6) is 0 Å². The molecule has 25 nitrogen and oxygen atoms in total. The number of sulfonamides is 1. The first kappa shape index (κ1) is 87.5. The van der Waals surface area contributed by atoms with Gasteiger partial charge in [-0.3, -0.25) is 9.00 Å². The van der Waals surface area contributed by atoms with E-state index in [1.165, 1.54) is 48.5 Å². The molecule has 48 heteroatoms. The van der Waals surface area contributed by atoms with Crippen LogP contribution >= 0.6 is 7.81 Å². The standard InChI is InChI=1S/C9H12O3S.C8H6O3.C7H5NO3S.C7H8O3S.C6HF5O3S.C6H6O2S2.CHF3O3S.ClHO4.F6P/c1-6-4-7(2)9(8(3)5-6)13(10,11)12;9-7(8(10)11)6-4-2-1-3-5-6;9-7-5-3-1-2-4-6(5)12(10,11)8-7;1-6-2-4-7(5-3-6)11(8,9)10;7-1-2(8)4(10)6(15(12,13)14)5(11)3(1)9;7-10(8,9)6-4-2-1-3-5-6;2-1(3,4)8(5,6)7;2-1(3,4)5;1-7(2,3,4,5)6/h4-5H,1-3H3,(H,10,11,12);1-5H,(H,10,11);1-4H,(H,8,9);2-5H,1H3,(H,8,9,10);(H,12,13,14);1-5H,(H,7,8,9);(H,5,6,7);(H,2,3,4,5);/q;;;;;;;;-1/p-8. The number of halogens is 15. The molecule has 7 rings (SSSR count). The Hall–Kier alpha value is -6.57. The van der Waals surface area contributed by atoms with Crippen molar-refractivity contribution in [1.82, 2.24) is 0 Å². The van der Waals surface area contributed by atoms with Gasteiger partial charge in [-0.2, -0.15) is 26.0 Å². The van der Waals surface area contributed by atoms with Gasteiger partial charge in [0.05, 0.1) is 14.7 Å². The summed E-state index contributed by atoms with van der Waals surface area (Å²) < 4.78 is 355. The predicted octanol–water partition coefficient (Wildman–Crippen LogP) is 2.42. The second-order valence-corrected chi connectivity index (χ2v) is 28.5. The third-order valence-corrected chi connectivity index (χ3v) is 14.9. The van der Waals surface area contributed by atoms with Gasteiger partial charge in [0, 0.05) is 21.9 Å². The van der Waals surface area contributed by atoms with Crippen molar-refractivity contribution >= 4 is 95.9 Å². The first-order valence-corrected chi connectivity index (χ1v) is 34.5. The van der Waals surface area contributed by atoms with Crippen molar-refractivity contribution in [2.45, 2.75) is 57.7 Å². The van der Waals surface area contributed by atoms with Gasteiger partial charge in [-0.15, -0.1) is 10.2 Å². The molecule has 1 heterocycles. The number of Topliss-reactive ketones (excluding diaryl/α,β-unsaturated/α-hetero) is 1. The summed E-state index contributed by atoms with van der Waals surface area (Å²) >= 11 is 4.22. The maximum Gasteiger partial charge on any atom is 0.485 e. The van der Waals surface area contributed by atoms with E-state index in [1.54, 1.807) is 86.6 Å². The van der Waals surface area contributed by atoms with Crippen LogP contribution < -0.4 is 28.8 Å². The Bertz CT molecular complexity index is 4260. The summed E-state index contributed by atoms with van der Waals surface area (Å²) in [5, 5.41) is 21.0. The Balaban J connectivity index is 0. The first-order valence-electron chi connectivity index (χ1n) is 21.8. The number of aryl methyl sites for hydroxylation is 4. The van der Waals surface area contributed by atoms with Crippen molar-refractivity contribution in [3.8, 4) is 0 Å². The van der Waals surface area contributed by atoms with Gasteiger partial charge in [0.2, 0.25) is 11.6 Å². The quantitative estimate of drug-likeness (QED) is 0.0338. The topological polar surface area (TPSA) is 488 Å². The van der Waals surface area contributed by atoms with Crippen molar-refractivity contribution in [2.75, 3.05) is 0 Å². The zero-order valence-corrected chi connectivity index (χ0v) is 52.1. The zero-order chi connectivity index (χ0) is 73.2. The third kappa shape index (κ3) is 35.5. The van der Waals surface area contributed by atoms with E-state index in [9.17, 15) is 136 Å². The van der Waals surface area contributed by atoms with Gasteiger partial charge in [-0.1, -0.05) is 102 Å². The molecule has 0 fully saturated rings. The summed E-state index contributed by atoms with van der Waals surface area (Å²) in [6.07, 6.45) is 0. The maximum absolute atomic E-state index is 12.6. The fraction of sp³-hybridized carbons (Fsp3) is 0.114. The number of ketones is 1. The fourth-order valence-electron chi connectivity index (χ4n) is 5.44. The maximum atomic E-state index is 12.6. The van der Waals surface area contributed by atoms with Crippen LogP contribution in [0, 0.1) is 67.0 Å². The number of benzene rings is 6. The number of carbonyl (C=O) groups is 2. The van der Waals surface area contributed by atoms with Gasteiger partial charge in [0.25, 0.3) is 10.0 Å². The van der Waals surface area contributed by atoms with Crippen LogP contribution in [0.4, 0.5) is 60.3 Å². The van der Waals surface area contributed by atoms with E-state index in [1.807, 2.05) is 13.8 Å². The minimum Gasteiger partial charge on any atom is -0.858 e. The Kier molecular flexibility index (Phi) is 30.9. The van der Waals surface area contributed by atoms with Gasteiger partial charge in [0.1, 0.15) is 41.2 Å². The van der Waals surface area contributed by atoms with E-state index in [0.29, 0.717) is 11.1 Å². The van der Waals surface area contributed by atoms with E-state index >= 15 is 0 Å². The molecule has 1 aliphatic rings. The Labute approximate surface area is 517 Å². The molecule has 6 aromatic rings. The molecular formula is C44H32ClF14NO24PS7-9. The average molecular weight is 1520 g/mol. The molecule has 0 amide bonds. The van der Waals surface area contributed by atoms with Gasteiger partial charge in [0.15, 0.2) is 33.4 Å². The van der Waals surface area contributed by atoms with Crippen LogP contribution in [0.1, 0.15) is 38.2 Å². The van der Waals surface area contributed by atoms with Crippen LogP contribution in [0.15, 0.2) is 150 Å². The molecule has 0 bridgehead atoms. The van der Waals surface area contributed by atoms with Gasteiger partial charge >= 0.3 is 38.5 Å². The molecule has 1 atom stereocenters. The SMILES string of the molecule is Cc1cc(C)c(S(=O)(=O)[O-])c(C)c1.Cc1ccc(S(=O)(=O)[O-])cc1.F[P-](F)(F)(F)(F)F.O=C([O-])C(=O)c1ccccc1.O=S(=O)([O-])C(F)(F)F.O=S(=O)([O-])c1c(F)c(F)c(F)c(F)c1F.O=S([O-])(=S)c1ccccc1.O=S1(=O)N=C([O-])c2ccccc21.[O-][Cl+3]([O-])([O-])[O-]. The third-order valence-electron chi connectivity index (χ3n) is 8.72. The molecule has 92 heavy (non-hydrogen) atoms. The van der Waals surface area contributed by atoms with Crippen LogP contribution in [-0.2, 0) is 75.3 Å². The predicted molar refractivity (Wildman–Crippen MR) is 268 cm³/mol. The Morgan fingerprint density at radius 1 is 0.522 bits per heavy atom. The number of hydrogen-bond donors (Lipinski definition) is 0. The number of carboxylic acid groups (broad SMARTS) is 1. The van der Waals surface area contributed by atoms with E-state index < -0.39 is 134 Å².